The maximum Gasteiger partial charge on any atom is 0.196 e. The molecule has 1 N–H and O–H groups in total. The number of benzene rings is 2. The first kappa shape index (κ1) is 14.5. The molecule has 0 radical (unpaired) electrons. The Balaban J connectivity index is 2.13. The SMILES string of the molecule is CCCCN(O)c1cccc2c1C(=O)c1ccccc1C2=O. The highest BCUT2D eigenvalue weighted by atomic mass is 16.5. The van der Waals surface area contributed by atoms with E-state index < -0.39 is 0 Å². The Hall–Kier alpha value is -2.46. The number of hydroxylamine groups is 1. The van der Waals surface area contributed by atoms with Crippen LogP contribution in [0.1, 0.15) is 51.6 Å². The number of hydrogen-bond donors (Lipinski definition) is 1. The van der Waals surface area contributed by atoms with E-state index in [4.69, 9.17) is 0 Å². The molecule has 2 aromatic rings. The fourth-order valence-electron chi connectivity index (χ4n) is 2.77. The fraction of sp³-hybridized carbons (Fsp3) is 0.222. The van der Waals surface area contributed by atoms with Crippen molar-refractivity contribution in [3.8, 4) is 0 Å². The Morgan fingerprint density at radius 2 is 1.55 bits per heavy atom. The van der Waals surface area contributed by atoms with Gasteiger partial charge in [-0.25, -0.2) is 0 Å². The second kappa shape index (κ2) is 5.73. The molecule has 0 saturated heterocycles. The van der Waals surface area contributed by atoms with Gasteiger partial charge in [0.15, 0.2) is 11.6 Å². The molecule has 0 bridgehead atoms. The molecule has 0 aliphatic heterocycles. The first-order valence-electron chi connectivity index (χ1n) is 7.43. The largest absolute Gasteiger partial charge is 0.289 e. The molecule has 3 rings (SSSR count). The van der Waals surface area contributed by atoms with Gasteiger partial charge in [-0.05, 0) is 12.5 Å². The molecule has 0 aromatic heterocycles. The molecule has 0 heterocycles. The van der Waals surface area contributed by atoms with Crippen LogP contribution in [0.25, 0.3) is 0 Å². The third kappa shape index (κ3) is 2.22. The molecule has 1 aliphatic carbocycles. The highest BCUT2D eigenvalue weighted by Crippen LogP contribution is 2.33. The summed E-state index contributed by atoms with van der Waals surface area (Å²) in [5, 5.41) is 11.3. The Bertz CT molecular complexity index is 752. The lowest BCUT2D eigenvalue weighted by Gasteiger charge is -2.24. The van der Waals surface area contributed by atoms with Gasteiger partial charge in [-0.1, -0.05) is 49.7 Å². The standard InChI is InChI=1S/C18H17NO3/c1-2-3-11-19(22)15-10-6-9-14-16(15)18(21)13-8-5-4-7-12(13)17(14)20/h4-10,22H,2-3,11H2,1H3. The lowest BCUT2D eigenvalue weighted by Crippen LogP contribution is -2.27. The average Bonchev–Trinajstić information content (AvgIpc) is 2.57. The van der Waals surface area contributed by atoms with E-state index in [2.05, 4.69) is 0 Å². The van der Waals surface area contributed by atoms with Crippen molar-refractivity contribution in [3.05, 3.63) is 64.7 Å². The summed E-state index contributed by atoms with van der Waals surface area (Å²) in [5.74, 6) is -0.382. The summed E-state index contributed by atoms with van der Waals surface area (Å²) >= 11 is 0. The predicted molar refractivity (Wildman–Crippen MR) is 83.8 cm³/mol. The fourth-order valence-corrected chi connectivity index (χ4v) is 2.77. The minimum Gasteiger partial charge on any atom is -0.289 e. The van der Waals surface area contributed by atoms with Gasteiger partial charge < -0.3 is 0 Å². The second-order valence-electron chi connectivity index (χ2n) is 5.38. The first-order valence-corrected chi connectivity index (χ1v) is 7.43. The molecular formula is C18H17NO3. The van der Waals surface area contributed by atoms with E-state index in [1.165, 1.54) is 0 Å². The summed E-state index contributed by atoms with van der Waals surface area (Å²) in [6.45, 7) is 2.45. The number of ketones is 2. The van der Waals surface area contributed by atoms with Crippen LogP contribution in [0.3, 0.4) is 0 Å². The number of nitrogens with zero attached hydrogens (tertiary/aromatic N) is 1. The summed E-state index contributed by atoms with van der Waals surface area (Å²) < 4.78 is 0. The van der Waals surface area contributed by atoms with Crippen LogP contribution in [0.5, 0.6) is 0 Å². The topological polar surface area (TPSA) is 57.6 Å². The van der Waals surface area contributed by atoms with Crippen molar-refractivity contribution in [2.24, 2.45) is 0 Å². The summed E-state index contributed by atoms with van der Waals surface area (Å²) in [5.41, 5.74) is 1.88. The van der Waals surface area contributed by atoms with Crippen LogP contribution in [-0.4, -0.2) is 23.3 Å². The van der Waals surface area contributed by atoms with Crippen molar-refractivity contribution in [1.82, 2.24) is 0 Å². The normalized spacial score (nSPS) is 12.8. The third-order valence-corrected chi connectivity index (χ3v) is 3.93. The van der Waals surface area contributed by atoms with Gasteiger partial charge >= 0.3 is 0 Å². The van der Waals surface area contributed by atoms with Crippen LogP contribution in [-0.2, 0) is 0 Å². The average molecular weight is 295 g/mol. The minimum atomic E-state index is -0.212. The quantitative estimate of drug-likeness (QED) is 0.749. The van der Waals surface area contributed by atoms with E-state index in [1.807, 2.05) is 6.92 Å². The Kier molecular flexibility index (Phi) is 3.77. The highest BCUT2D eigenvalue weighted by molar-refractivity contribution is 6.30. The van der Waals surface area contributed by atoms with Crippen molar-refractivity contribution in [2.45, 2.75) is 19.8 Å². The number of fused-ring (bicyclic) bond motifs is 2. The van der Waals surface area contributed by atoms with Gasteiger partial charge in [0.25, 0.3) is 0 Å². The van der Waals surface area contributed by atoms with E-state index in [1.54, 1.807) is 42.5 Å². The van der Waals surface area contributed by atoms with Gasteiger partial charge in [-0.15, -0.1) is 0 Å². The van der Waals surface area contributed by atoms with E-state index in [9.17, 15) is 14.8 Å². The molecule has 0 spiro atoms. The van der Waals surface area contributed by atoms with Crippen LogP contribution in [0.15, 0.2) is 42.5 Å². The van der Waals surface area contributed by atoms with Crippen LogP contribution >= 0.6 is 0 Å². The van der Waals surface area contributed by atoms with E-state index in [0.717, 1.165) is 17.9 Å². The van der Waals surface area contributed by atoms with Gasteiger partial charge in [0.1, 0.15) is 0 Å². The smallest absolute Gasteiger partial charge is 0.196 e. The maximum absolute atomic E-state index is 12.8. The van der Waals surface area contributed by atoms with Gasteiger partial charge in [0.05, 0.1) is 11.3 Å². The number of rotatable bonds is 4. The Morgan fingerprint density at radius 3 is 2.23 bits per heavy atom. The molecule has 0 unspecified atom stereocenters. The molecule has 22 heavy (non-hydrogen) atoms. The van der Waals surface area contributed by atoms with Crippen molar-refractivity contribution in [3.63, 3.8) is 0 Å². The molecular weight excluding hydrogens is 278 g/mol. The van der Waals surface area contributed by atoms with Crippen molar-refractivity contribution in [2.75, 3.05) is 11.6 Å². The number of anilines is 1. The molecule has 1 aliphatic rings. The molecule has 2 aromatic carbocycles. The van der Waals surface area contributed by atoms with E-state index in [0.29, 0.717) is 34.5 Å². The molecule has 0 amide bonds. The predicted octanol–water partition coefficient (Wildman–Crippen LogP) is 3.46. The van der Waals surface area contributed by atoms with Gasteiger partial charge in [0.2, 0.25) is 0 Å². The summed E-state index contributed by atoms with van der Waals surface area (Å²) in [6.07, 6.45) is 1.74. The summed E-state index contributed by atoms with van der Waals surface area (Å²) in [4.78, 5) is 25.4. The van der Waals surface area contributed by atoms with Gasteiger partial charge in [-0.2, -0.15) is 0 Å². The maximum atomic E-state index is 12.8. The van der Waals surface area contributed by atoms with Crippen LogP contribution in [0.2, 0.25) is 0 Å². The number of hydrogen-bond acceptors (Lipinski definition) is 4. The number of unbranched alkanes of at least 4 members (excludes halogenated alkanes) is 1. The molecule has 0 fully saturated rings. The van der Waals surface area contributed by atoms with Gasteiger partial charge in [-0.3, -0.25) is 19.9 Å². The minimum absolute atomic E-state index is 0.170. The number of carbonyl (C=O) groups excluding carboxylic acids is 2. The Labute approximate surface area is 129 Å². The lowest BCUT2D eigenvalue weighted by atomic mass is 9.83. The van der Waals surface area contributed by atoms with Crippen LogP contribution in [0, 0.1) is 0 Å². The van der Waals surface area contributed by atoms with Crippen molar-refractivity contribution >= 4 is 17.3 Å². The van der Waals surface area contributed by atoms with Crippen molar-refractivity contribution in [1.29, 1.82) is 0 Å². The molecule has 0 atom stereocenters. The zero-order valence-corrected chi connectivity index (χ0v) is 12.4. The molecule has 112 valence electrons. The number of carbonyl (C=O) groups is 2. The first-order chi connectivity index (χ1) is 10.6. The third-order valence-electron chi connectivity index (χ3n) is 3.93. The monoisotopic (exact) mass is 295 g/mol. The molecule has 0 saturated carbocycles. The lowest BCUT2D eigenvalue weighted by molar-refractivity contribution is 0.0978. The molecule has 4 heteroatoms. The van der Waals surface area contributed by atoms with E-state index in [-0.39, 0.29) is 11.6 Å². The zero-order valence-electron chi connectivity index (χ0n) is 12.4. The molecule has 4 nitrogen and oxygen atoms in total. The van der Waals surface area contributed by atoms with Crippen molar-refractivity contribution < 1.29 is 14.8 Å². The van der Waals surface area contributed by atoms with Gasteiger partial charge in [0, 0.05) is 23.2 Å². The van der Waals surface area contributed by atoms with E-state index >= 15 is 0 Å². The second-order valence-corrected chi connectivity index (χ2v) is 5.38. The van der Waals surface area contributed by atoms with Crippen LogP contribution in [0.4, 0.5) is 5.69 Å². The summed E-state index contributed by atoms with van der Waals surface area (Å²) in [6, 6.07) is 11.8. The Morgan fingerprint density at radius 1 is 0.909 bits per heavy atom. The van der Waals surface area contributed by atoms with Crippen LogP contribution < -0.4 is 5.06 Å². The summed E-state index contributed by atoms with van der Waals surface area (Å²) in [7, 11) is 0. The highest BCUT2D eigenvalue weighted by Gasteiger charge is 2.32. The zero-order chi connectivity index (χ0) is 15.7.